The first kappa shape index (κ1) is 14.9. The van der Waals surface area contributed by atoms with Gasteiger partial charge in [-0.2, -0.15) is 0 Å². The fourth-order valence-electron chi connectivity index (χ4n) is 3.11. The van der Waals surface area contributed by atoms with Crippen molar-refractivity contribution in [3.63, 3.8) is 0 Å². The number of para-hydroxylation sites is 1. The zero-order valence-corrected chi connectivity index (χ0v) is 13.5. The number of amides is 1. The molecule has 4 rings (SSSR count). The highest BCUT2D eigenvalue weighted by atomic mass is 16.5. The van der Waals surface area contributed by atoms with Crippen LogP contribution in [0.1, 0.15) is 29.3 Å². The number of H-pyrrole nitrogens is 1. The van der Waals surface area contributed by atoms with Crippen LogP contribution in [0.2, 0.25) is 0 Å². The van der Waals surface area contributed by atoms with Crippen molar-refractivity contribution in [3.05, 3.63) is 48.2 Å². The van der Waals surface area contributed by atoms with E-state index in [4.69, 9.17) is 4.74 Å². The van der Waals surface area contributed by atoms with Gasteiger partial charge in [0.05, 0.1) is 13.2 Å². The second-order valence-electron chi connectivity index (χ2n) is 5.86. The van der Waals surface area contributed by atoms with Gasteiger partial charge >= 0.3 is 0 Å². The maximum atomic E-state index is 12.8. The Morgan fingerprint density at radius 3 is 3.12 bits per heavy atom. The van der Waals surface area contributed by atoms with Crippen LogP contribution in [0, 0.1) is 0 Å². The lowest BCUT2D eigenvalue weighted by molar-refractivity contribution is -0.0285. The highest BCUT2D eigenvalue weighted by Gasteiger charge is 2.29. The normalized spacial score (nSPS) is 18.2. The van der Waals surface area contributed by atoms with Crippen molar-refractivity contribution >= 4 is 16.8 Å². The summed E-state index contributed by atoms with van der Waals surface area (Å²) in [4.78, 5) is 17.8. The van der Waals surface area contributed by atoms with Gasteiger partial charge in [-0.3, -0.25) is 4.79 Å². The Morgan fingerprint density at radius 2 is 2.29 bits per heavy atom. The lowest BCUT2D eigenvalue weighted by atomic mass is 10.2. The van der Waals surface area contributed by atoms with Crippen molar-refractivity contribution in [2.45, 2.75) is 19.6 Å². The molecule has 2 aromatic heterocycles. The van der Waals surface area contributed by atoms with Gasteiger partial charge in [0, 0.05) is 24.0 Å². The quantitative estimate of drug-likeness (QED) is 0.799. The van der Waals surface area contributed by atoms with Gasteiger partial charge in [0.25, 0.3) is 5.91 Å². The smallest absolute Gasteiger partial charge is 0.270 e. The number of nitrogens with one attached hydrogen (secondary N) is 1. The van der Waals surface area contributed by atoms with Crippen molar-refractivity contribution in [3.8, 4) is 0 Å². The maximum Gasteiger partial charge on any atom is 0.270 e. The largest absolute Gasteiger partial charge is 0.366 e. The molecule has 1 aromatic carbocycles. The van der Waals surface area contributed by atoms with Gasteiger partial charge < -0.3 is 19.2 Å². The Labute approximate surface area is 139 Å². The molecular weight excluding hydrogens is 306 g/mol. The van der Waals surface area contributed by atoms with Crippen LogP contribution in [0.3, 0.4) is 0 Å². The summed E-state index contributed by atoms with van der Waals surface area (Å²) in [5.41, 5.74) is 1.57. The van der Waals surface area contributed by atoms with Crippen molar-refractivity contribution in [1.82, 2.24) is 24.6 Å². The summed E-state index contributed by atoms with van der Waals surface area (Å²) in [7, 11) is 0. The van der Waals surface area contributed by atoms with E-state index < -0.39 is 0 Å². The third-order valence-electron chi connectivity index (χ3n) is 4.39. The molecule has 1 aliphatic heterocycles. The van der Waals surface area contributed by atoms with Crippen LogP contribution in [-0.4, -0.2) is 50.3 Å². The number of aromatic amines is 1. The predicted octanol–water partition coefficient (Wildman–Crippen LogP) is 1.99. The molecule has 1 N–H and O–H groups in total. The topological polar surface area (TPSA) is 76.0 Å². The van der Waals surface area contributed by atoms with Gasteiger partial charge in [0.15, 0.2) is 5.82 Å². The van der Waals surface area contributed by atoms with Gasteiger partial charge in [-0.25, -0.2) is 0 Å². The fraction of sp³-hybridized carbons (Fsp3) is 0.353. The second-order valence-corrected chi connectivity index (χ2v) is 5.86. The number of fused-ring (bicyclic) bond motifs is 1. The Hall–Kier alpha value is -2.67. The molecule has 0 bridgehead atoms. The van der Waals surface area contributed by atoms with E-state index in [-0.39, 0.29) is 12.0 Å². The summed E-state index contributed by atoms with van der Waals surface area (Å²) in [5.74, 6) is 0.758. The van der Waals surface area contributed by atoms with Crippen LogP contribution < -0.4 is 0 Å². The van der Waals surface area contributed by atoms with Gasteiger partial charge in [-0.1, -0.05) is 18.2 Å². The van der Waals surface area contributed by atoms with E-state index in [9.17, 15) is 4.79 Å². The number of aryl methyl sites for hydroxylation is 1. The molecule has 1 aliphatic rings. The fourth-order valence-corrected chi connectivity index (χ4v) is 3.11. The Morgan fingerprint density at radius 1 is 1.42 bits per heavy atom. The minimum Gasteiger partial charge on any atom is -0.366 e. The average molecular weight is 325 g/mol. The molecule has 0 saturated carbocycles. The first-order valence-corrected chi connectivity index (χ1v) is 8.12. The van der Waals surface area contributed by atoms with Crippen molar-refractivity contribution < 1.29 is 9.53 Å². The van der Waals surface area contributed by atoms with E-state index in [0.717, 1.165) is 23.3 Å². The number of hydrogen-bond donors (Lipinski definition) is 1. The minimum absolute atomic E-state index is 0.0120. The average Bonchev–Trinajstić information content (AvgIpc) is 3.27. The molecule has 1 saturated heterocycles. The number of hydrogen-bond acceptors (Lipinski definition) is 4. The molecule has 0 spiro atoms. The predicted molar refractivity (Wildman–Crippen MR) is 88.6 cm³/mol. The van der Waals surface area contributed by atoms with Gasteiger partial charge in [0.1, 0.15) is 18.1 Å². The number of aromatic nitrogens is 4. The summed E-state index contributed by atoms with van der Waals surface area (Å²) in [6.45, 7) is 4.35. The SMILES string of the molecule is CCn1cnnc1[C@@H]1CN(C(=O)c2cc3ccccc3[nH]2)CCO1. The molecule has 0 aliphatic carbocycles. The van der Waals surface area contributed by atoms with Crippen LogP contribution in [0.4, 0.5) is 0 Å². The molecular formula is C17H19N5O2. The number of ether oxygens (including phenoxy) is 1. The minimum atomic E-state index is -0.241. The standard InChI is InChI=1S/C17H19N5O2/c1-2-21-11-18-20-16(21)15-10-22(7-8-24-15)17(23)14-9-12-5-3-4-6-13(12)19-14/h3-6,9,11,15,19H,2,7-8,10H2,1H3/t15-/m0/s1. The summed E-state index contributed by atoms with van der Waals surface area (Å²) < 4.78 is 7.76. The Bertz CT molecular complexity index is 836. The highest BCUT2D eigenvalue weighted by Crippen LogP contribution is 2.23. The van der Waals surface area contributed by atoms with E-state index in [0.29, 0.717) is 25.4 Å². The summed E-state index contributed by atoms with van der Waals surface area (Å²) in [5, 5.41) is 9.14. The zero-order valence-electron chi connectivity index (χ0n) is 13.5. The molecule has 124 valence electrons. The molecule has 0 radical (unpaired) electrons. The number of benzene rings is 1. The summed E-state index contributed by atoms with van der Waals surface area (Å²) in [6, 6.07) is 9.78. The van der Waals surface area contributed by atoms with Crippen molar-refractivity contribution in [1.29, 1.82) is 0 Å². The van der Waals surface area contributed by atoms with Gasteiger partial charge in [-0.15, -0.1) is 10.2 Å². The first-order valence-electron chi connectivity index (χ1n) is 8.12. The van der Waals surface area contributed by atoms with Crippen LogP contribution in [0.25, 0.3) is 10.9 Å². The third-order valence-corrected chi connectivity index (χ3v) is 4.39. The number of carbonyl (C=O) groups excluding carboxylic acids is 1. The molecule has 1 amide bonds. The molecule has 24 heavy (non-hydrogen) atoms. The summed E-state index contributed by atoms with van der Waals surface area (Å²) in [6.07, 6.45) is 1.45. The molecule has 3 aromatic rings. The maximum absolute atomic E-state index is 12.8. The number of morpholine rings is 1. The van der Waals surface area contributed by atoms with E-state index in [1.807, 2.05) is 46.7 Å². The number of carbonyl (C=O) groups is 1. The van der Waals surface area contributed by atoms with E-state index in [1.54, 1.807) is 6.33 Å². The Balaban J connectivity index is 1.56. The third kappa shape index (κ3) is 2.56. The van der Waals surface area contributed by atoms with Gasteiger partial charge in [0.2, 0.25) is 0 Å². The number of nitrogens with zero attached hydrogens (tertiary/aromatic N) is 4. The molecule has 7 nitrogen and oxygen atoms in total. The van der Waals surface area contributed by atoms with Crippen molar-refractivity contribution in [2.24, 2.45) is 0 Å². The molecule has 7 heteroatoms. The zero-order chi connectivity index (χ0) is 16.5. The number of rotatable bonds is 3. The molecule has 1 fully saturated rings. The monoisotopic (exact) mass is 325 g/mol. The molecule has 3 heterocycles. The van der Waals surface area contributed by atoms with E-state index in [1.165, 1.54) is 0 Å². The van der Waals surface area contributed by atoms with E-state index >= 15 is 0 Å². The van der Waals surface area contributed by atoms with Crippen LogP contribution >= 0.6 is 0 Å². The van der Waals surface area contributed by atoms with Crippen LogP contribution in [-0.2, 0) is 11.3 Å². The van der Waals surface area contributed by atoms with E-state index in [2.05, 4.69) is 15.2 Å². The highest BCUT2D eigenvalue weighted by molar-refractivity contribution is 5.98. The van der Waals surface area contributed by atoms with Crippen molar-refractivity contribution in [2.75, 3.05) is 19.7 Å². The Kier molecular flexibility index (Phi) is 3.78. The first-order chi connectivity index (χ1) is 11.8. The second kappa shape index (κ2) is 6.09. The van der Waals surface area contributed by atoms with Crippen LogP contribution in [0.5, 0.6) is 0 Å². The molecule has 0 unspecified atom stereocenters. The van der Waals surface area contributed by atoms with Crippen LogP contribution in [0.15, 0.2) is 36.7 Å². The molecule has 1 atom stereocenters. The summed E-state index contributed by atoms with van der Waals surface area (Å²) >= 11 is 0. The lowest BCUT2D eigenvalue weighted by Gasteiger charge is -2.32. The van der Waals surface area contributed by atoms with Gasteiger partial charge in [-0.05, 0) is 19.1 Å². The lowest BCUT2D eigenvalue weighted by Crippen LogP contribution is -2.43.